The van der Waals surface area contributed by atoms with Crippen LogP contribution in [0.25, 0.3) is 6.08 Å². The van der Waals surface area contributed by atoms with Crippen LogP contribution in [-0.2, 0) is 0 Å². The number of benzene rings is 2. The third-order valence-electron chi connectivity index (χ3n) is 4.41. The maximum Gasteiger partial charge on any atom is 0.399 e. The Kier molecular flexibility index (Phi) is 7.72. The van der Waals surface area contributed by atoms with E-state index in [1.807, 2.05) is 0 Å². The van der Waals surface area contributed by atoms with Gasteiger partial charge in [0.25, 0.3) is 5.91 Å². The minimum absolute atomic E-state index is 0.00489. The Bertz CT molecular complexity index is 973. The van der Waals surface area contributed by atoms with Gasteiger partial charge in [-0.3, -0.25) is 4.79 Å². The van der Waals surface area contributed by atoms with Gasteiger partial charge in [0.05, 0.1) is 26.5 Å². The molecule has 0 aliphatic carbocycles. The Morgan fingerprint density at radius 3 is 2.30 bits per heavy atom. The number of nitrogens with one attached hydrogen (secondary N) is 1. The van der Waals surface area contributed by atoms with Crippen molar-refractivity contribution in [2.45, 2.75) is 18.1 Å². The largest absolute Gasteiger partial charge is 0.399 e. The third-order valence-corrected chi connectivity index (χ3v) is 7.54. The molecule has 1 saturated heterocycles. The van der Waals surface area contributed by atoms with Crippen molar-refractivity contribution in [1.29, 1.82) is 0 Å². The van der Waals surface area contributed by atoms with Gasteiger partial charge in [-0.2, -0.15) is 24.9 Å². The van der Waals surface area contributed by atoms with Crippen LogP contribution in [0.15, 0.2) is 40.9 Å². The number of carbonyl (C=O) groups is 1. The highest BCUT2D eigenvalue weighted by molar-refractivity contribution is 9.10. The van der Waals surface area contributed by atoms with Gasteiger partial charge in [-0.25, -0.2) is 0 Å². The fraction of sp³-hybridized carbons (Fsp3) is 0.250. The van der Waals surface area contributed by atoms with E-state index in [1.54, 1.807) is 30.0 Å². The molecule has 0 spiro atoms. The molecule has 1 aliphatic heterocycles. The van der Waals surface area contributed by atoms with Crippen molar-refractivity contribution >= 4 is 74.5 Å². The van der Waals surface area contributed by atoms with E-state index in [-0.39, 0.29) is 32.6 Å². The summed E-state index contributed by atoms with van der Waals surface area (Å²) in [5.41, 5.74) is 0.803. The number of allylic oxidation sites excluding steroid dienone is 1. The molecule has 2 nitrogen and oxygen atoms in total. The molecule has 1 aliphatic rings. The molecule has 2 aromatic carbocycles. The minimum Gasteiger partial charge on any atom is -0.348 e. The van der Waals surface area contributed by atoms with E-state index < -0.39 is 12.1 Å². The summed E-state index contributed by atoms with van der Waals surface area (Å²) < 4.78 is 41.4. The van der Waals surface area contributed by atoms with Crippen LogP contribution < -0.4 is 5.32 Å². The van der Waals surface area contributed by atoms with E-state index in [0.717, 1.165) is 29.7 Å². The van der Waals surface area contributed by atoms with Gasteiger partial charge in [0.2, 0.25) is 0 Å². The summed E-state index contributed by atoms with van der Waals surface area (Å²) in [4.78, 5) is 12.3. The monoisotopic (exact) mass is 557 g/mol. The topological polar surface area (TPSA) is 29.1 Å². The first-order valence-corrected chi connectivity index (χ1v) is 11.7. The molecule has 2 aromatic rings. The van der Waals surface area contributed by atoms with Crippen molar-refractivity contribution in [3.05, 3.63) is 72.6 Å². The SMILES string of the molecule is O=C(NC1CSC1)c1ccc(/C=C/C(c2cc(Cl)c(Cl)c(Cl)c2)C(F)(F)F)cc1Br. The summed E-state index contributed by atoms with van der Waals surface area (Å²) >= 11 is 22.7. The van der Waals surface area contributed by atoms with Gasteiger partial charge in [-0.15, -0.1) is 0 Å². The normalized spacial score (nSPS) is 15.8. The Balaban J connectivity index is 1.84. The minimum atomic E-state index is -4.56. The molecule has 1 heterocycles. The first-order valence-electron chi connectivity index (χ1n) is 8.63. The van der Waals surface area contributed by atoms with Gasteiger partial charge in [0.15, 0.2) is 0 Å². The number of carbonyl (C=O) groups excluding carboxylic acids is 1. The van der Waals surface area contributed by atoms with E-state index in [1.165, 1.54) is 6.08 Å². The number of thioether (sulfide) groups is 1. The van der Waals surface area contributed by atoms with E-state index >= 15 is 0 Å². The van der Waals surface area contributed by atoms with Crippen LogP contribution in [0.3, 0.4) is 0 Å². The lowest BCUT2D eigenvalue weighted by Crippen LogP contribution is -2.43. The van der Waals surface area contributed by atoms with Crippen molar-refractivity contribution < 1.29 is 18.0 Å². The summed E-state index contributed by atoms with van der Waals surface area (Å²) in [7, 11) is 0. The van der Waals surface area contributed by atoms with Gasteiger partial charge in [0.1, 0.15) is 0 Å². The maximum atomic E-state index is 13.6. The standard InChI is InChI=1S/C20H14BrCl3F3NOS/c21-15-5-10(1-3-13(15)19(29)28-12-8-30-9-12)2-4-14(20(25,26)27)11-6-16(22)18(24)17(23)7-11/h1-7,12,14H,8-9H2,(H,28,29)/b4-2+. The molecule has 30 heavy (non-hydrogen) atoms. The average Bonchev–Trinajstić information content (AvgIpc) is 2.61. The molecule has 1 amide bonds. The number of amides is 1. The van der Waals surface area contributed by atoms with Crippen LogP contribution in [0, 0.1) is 0 Å². The van der Waals surface area contributed by atoms with Crippen molar-refractivity contribution in [3.8, 4) is 0 Å². The summed E-state index contributed by atoms with van der Waals surface area (Å²) in [6, 6.07) is 7.21. The lowest BCUT2D eigenvalue weighted by atomic mass is 9.97. The van der Waals surface area contributed by atoms with E-state index in [0.29, 0.717) is 15.6 Å². The Morgan fingerprint density at radius 1 is 1.17 bits per heavy atom. The zero-order valence-corrected chi connectivity index (χ0v) is 19.7. The molecule has 160 valence electrons. The number of halogens is 7. The summed E-state index contributed by atoms with van der Waals surface area (Å²) in [6.07, 6.45) is -2.21. The van der Waals surface area contributed by atoms with Crippen LogP contribution in [0.4, 0.5) is 13.2 Å². The van der Waals surface area contributed by atoms with E-state index in [4.69, 9.17) is 34.8 Å². The van der Waals surface area contributed by atoms with Crippen molar-refractivity contribution in [2.24, 2.45) is 0 Å². The average molecular weight is 560 g/mol. The number of hydrogen-bond donors (Lipinski definition) is 1. The molecule has 10 heteroatoms. The fourth-order valence-electron chi connectivity index (χ4n) is 2.77. The van der Waals surface area contributed by atoms with Crippen LogP contribution >= 0.6 is 62.5 Å². The van der Waals surface area contributed by atoms with E-state index in [2.05, 4.69) is 21.2 Å². The summed E-state index contributed by atoms with van der Waals surface area (Å²) in [6.45, 7) is 0. The molecular formula is C20H14BrCl3F3NOS. The molecule has 0 saturated carbocycles. The molecule has 1 atom stereocenters. The predicted octanol–water partition coefficient (Wildman–Crippen LogP) is 7.61. The number of rotatable bonds is 5. The molecule has 0 radical (unpaired) electrons. The third kappa shape index (κ3) is 5.68. The van der Waals surface area contributed by atoms with Crippen LogP contribution in [0.1, 0.15) is 27.4 Å². The van der Waals surface area contributed by atoms with Gasteiger partial charge < -0.3 is 5.32 Å². The molecule has 0 aromatic heterocycles. The first kappa shape index (κ1) is 23.8. The van der Waals surface area contributed by atoms with Crippen molar-refractivity contribution in [1.82, 2.24) is 5.32 Å². The lowest BCUT2D eigenvalue weighted by Gasteiger charge is -2.26. The van der Waals surface area contributed by atoms with Crippen molar-refractivity contribution in [3.63, 3.8) is 0 Å². The van der Waals surface area contributed by atoms with Gasteiger partial charge in [0, 0.05) is 22.0 Å². The van der Waals surface area contributed by atoms with Gasteiger partial charge in [-0.1, -0.05) is 53.0 Å². The summed E-state index contributed by atoms with van der Waals surface area (Å²) in [5.74, 6) is -0.396. The van der Waals surface area contributed by atoms with Gasteiger partial charge in [-0.05, 0) is 51.3 Å². The molecular weight excluding hydrogens is 546 g/mol. The number of alkyl halides is 3. The molecule has 1 unspecified atom stereocenters. The molecule has 1 fully saturated rings. The second-order valence-electron chi connectivity index (χ2n) is 6.62. The molecule has 1 N–H and O–H groups in total. The predicted molar refractivity (Wildman–Crippen MR) is 122 cm³/mol. The highest BCUT2D eigenvalue weighted by atomic mass is 79.9. The fourth-order valence-corrected chi connectivity index (χ4v) is 4.60. The van der Waals surface area contributed by atoms with Crippen LogP contribution in [0.2, 0.25) is 15.1 Å². The van der Waals surface area contributed by atoms with Crippen molar-refractivity contribution in [2.75, 3.05) is 11.5 Å². The van der Waals surface area contributed by atoms with Crippen LogP contribution in [0.5, 0.6) is 0 Å². The Labute approximate surface area is 199 Å². The zero-order valence-electron chi connectivity index (χ0n) is 15.1. The molecule has 3 rings (SSSR count). The Morgan fingerprint density at radius 2 is 1.80 bits per heavy atom. The van der Waals surface area contributed by atoms with Crippen LogP contribution in [-0.4, -0.2) is 29.6 Å². The highest BCUT2D eigenvalue weighted by Gasteiger charge is 2.39. The smallest absolute Gasteiger partial charge is 0.348 e. The first-order chi connectivity index (χ1) is 14.1. The van der Waals surface area contributed by atoms with E-state index in [9.17, 15) is 18.0 Å². The second-order valence-corrected chi connectivity index (χ2v) is 9.75. The quantitative estimate of drug-likeness (QED) is 0.382. The Hall–Kier alpha value is -0.860. The number of hydrogen-bond acceptors (Lipinski definition) is 2. The maximum absolute atomic E-state index is 13.6. The highest BCUT2D eigenvalue weighted by Crippen LogP contribution is 2.41. The summed E-state index contributed by atoms with van der Waals surface area (Å²) in [5, 5.41) is 2.81. The van der Waals surface area contributed by atoms with Gasteiger partial charge >= 0.3 is 6.18 Å². The zero-order chi connectivity index (χ0) is 22.1. The second kappa shape index (κ2) is 9.74. The lowest BCUT2D eigenvalue weighted by molar-refractivity contribution is -0.139. The molecule has 0 bridgehead atoms.